The van der Waals surface area contributed by atoms with Crippen molar-refractivity contribution in [2.45, 2.75) is 19.3 Å². The average molecular weight is 214 g/mol. The molecule has 1 aromatic heterocycles. The Kier molecular flexibility index (Phi) is 2.35. The average Bonchev–Trinajstić information content (AvgIpc) is 2.58. The van der Waals surface area contributed by atoms with Crippen molar-refractivity contribution in [3.05, 3.63) is 17.1 Å². The second kappa shape index (κ2) is 3.46. The molecule has 0 radical (unpaired) electrons. The van der Waals surface area contributed by atoms with Crippen LogP contribution in [-0.4, -0.2) is 27.6 Å². The van der Waals surface area contributed by atoms with E-state index in [4.69, 9.17) is 0 Å². The Bertz CT molecular complexity index is 199. The van der Waals surface area contributed by atoms with Gasteiger partial charge in [-0.05, 0) is 0 Å². The molecule has 0 atom stereocenters. The topological polar surface area (TPSA) is 3.24 Å². The van der Waals surface area contributed by atoms with Gasteiger partial charge in [-0.2, -0.15) is 0 Å². The number of hydrogen-bond donors (Lipinski definition) is 0. The summed E-state index contributed by atoms with van der Waals surface area (Å²) in [4.78, 5) is 4.86. The first-order chi connectivity index (χ1) is 5.47. The van der Waals surface area contributed by atoms with E-state index in [2.05, 4.69) is 22.0 Å². The van der Waals surface area contributed by atoms with Crippen LogP contribution in [0.5, 0.6) is 0 Å². The number of hydrogen-bond acceptors (Lipinski definition) is 1. The van der Waals surface area contributed by atoms with Crippen LogP contribution >= 0.6 is 0 Å². The minimum atomic E-state index is 0.650. The van der Waals surface area contributed by atoms with Gasteiger partial charge in [0.05, 0.1) is 0 Å². The zero-order chi connectivity index (χ0) is 7.52. The van der Waals surface area contributed by atoms with Crippen LogP contribution < -0.4 is 4.90 Å². The van der Waals surface area contributed by atoms with Gasteiger partial charge in [0, 0.05) is 0 Å². The molecule has 1 aromatic rings. The van der Waals surface area contributed by atoms with Crippen LogP contribution in [0.4, 0.5) is 4.56 Å². The predicted molar refractivity (Wildman–Crippen MR) is 49.4 cm³/mol. The summed E-state index contributed by atoms with van der Waals surface area (Å²) >= 11 is 0.650. The van der Waals surface area contributed by atoms with E-state index in [9.17, 15) is 0 Å². The van der Waals surface area contributed by atoms with Crippen LogP contribution in [0.3, 0.4) is 0 Å². The van der Waals surface area contributed by atoms with Crippen molar-refractivity contribution >= 4 is 19.1 Å². The van der Waals surface area contributed by atoms with E-state index in [1.807, 2.05) is 0 Å². The minimum absolute atomic E-state index is 0.650. The van der Waals surface area contributed by atoms with Crippen LogP contribution in [0.25, 0.3) is 0 Å². The Balaban J connectivity index is 2.04. The van der Waals surface area contributed by atoms with E-state index in [0.29, 0.717) is 14.5 Å². The van der Waals surface area contributed by atoms with E-state index in [1.165, 1.54) is 32.4 Å². The van der Waals surface area contributed by atoms with Gasteiger partial charge in [0.15, 0.2) is 0 Å². The van der Waals surface area contributed by atoms with E-state index < -0.39 is 0 Å². The number of anilines is 1. The normalized spacial score (nSPS) is 18.7. The molecular formula is C9H13NSe. The molecule has 0 amide bonds. The molecule has 0 aromatic carbocycles. The number of rotatable bonds is 1. The monoisotopic (exact) mass is 215 g/mol. The molecular weight excluding hydrogens is 201 g/mol. The molecule has 1 fully saturated rings. The number of piperidine rings is 1. The van der Waals surface area contributed by atoms with Gasteiger partial charge in [-0.15, -0.1) is 0 Å². The summed E-state index contributed by atoms with van der Waals surface area (Å²) < 4.78 is 1.59. The zero-order valence-electron chi connectivity index (χ0n) is 6.62. The van der Waals surface area contributed by atoms with Crippen molar-refractivity contribution in [3.63, 3.8) is 0 Å². The Labute approximate surface area is 73.8 Å². The van der Waals surface area contributed by atoms with E-state index in [1.54, 1.807) is 4.56 Å². The standard InChI is InChI=1S/C9H13NSe/c1-2-6-10(7-3-1)9-5-4-8-11-9/h4-5,8H,1-3,6-7H2. The third kappa shape index (κ3) is 1.69. The van der Waals surface area contributed by atoms with E-state index >= 15 is 0 Å². The molecule has 2 heterocycles. The van der Waals surface area contributed by atoms with Crippen molar-refractivity contribution in [3.8, 4) is 0 Å². The molecule has 1 aliphatic rings. The van der Waals surface area contributed by atoms with E-state index in [-0.39, 0.29) is 0 Å². The van der Waals surface area contributed by atoms with Crippen LogP contribution in [0.1, 0.15) is 19.3 Å². The Morgan fingerprint density at radius 2 is 2.00 bits per heavy atom. The molecule has 60 valence electrons. The summed E-state index contributed by atoms with van der Waals surface area (Å²) in [6.07, 6.45) is 4.23. The summed E-state index contributed by atoms with van der Waals surface area (Å²) in [7, 11) is 0. The molecule has 2 heteroatoms. The van der Waals surface area contributed by atoms with Gasteiger partial charge in [-0.3, -0.25) is 0 Å². The fraction of sp³-hybridized carbons (Fsp3) is 0.556. The van der Waals surface area contributed by atoms with Gasteiger partial charge >= 0.3 is 73.4 Å². The summed E-state index contributed by atoms with van der Waals surface area (Å²) in [6.45, 7) is 2.60. The van der Waals surface area contributed by atoms with Gasteiger partial charge < -0.3 is 0 Å². The Morgan fingerprint density at radius 3 is 2.64 bits per heavy atom. The fourth-order valence-electron chi connectivity index (χ4n) is 1.56. The molecule has 0 spiro atoms. The molecule has 0 N–H and O–H groups in total. The molecule has 0 unspecified atom stereocenters. The fourth-order valence-corrected chi connectivity index (χ4v) is 3.21. The van der Waals surface area contributed by atoms with Crippen molar-refractivity contribution in [1.29, 1.82) is 0 Å². The summed E-state index contributed by atoms with van der Waals surface area (Å²) in [6, 6.07) is 4.48. The van der Waals surface area contributed by atoms with Crippen molar-refractivity contribution in [1.82, 2.24) is 0 Å². The first-order valence-corrected chi connectivity index (χ1v) is 6.10. The Morgan fingerprint density at radius 1 is 1.18 bits per heavy atom. The molecule has 1 aliphatic heterocycles. The van der Waals surface area contributed by atoms with Crippen molar-refractivity contribution in [2.24, 2.45) is 0 Å². The molecule has 11 heavy (non-hydrogen) atoms. The maximum absolute atomic E-state index is 2.56. The second-order valence-corrected chi connectivity index (χ2v) is 4.94. The van der Waals surface area contributed by atoms with Crippen molar-refractivity contribution < 1.29 is 0 Å². The molecule has 0 saturated carbocycles. The first kappa shape index (κ1) is 7.45. The second-order valence-electron chi connectivity index (χ2n) is 3.00. The van der Waals surface area contributed by atoms with Crippen LogP contribution in [0.2, 0.25) is 0 Å². The van der Waals surface area contributed by atoms with Crippen LogP contribution in [0, 0.1) is 0 Å². The third-order valence-electron chi connectivity index (χ3n) is 2.17. The Hall–Kier alpha value is -0.201. The molecule has 0 bridgehead atoms. The van der Waals surface area contributed by atoms with E-state index in [0.717, 1.165) is 0 Å². The van der Waals surface area contributed by atoms with Crippen LogP contribution in [-0.2, 0) is 0 Å². The molecule has 1 saturated heterocycles. The van der Waals surface area contributed by atoms with Crippen LogP contribution in [0.15, 0.2) is 17.1 Å². The molecule has 1 nitrogen and oxygen atoms in total. The van der Waals surface area contributed by atoms with Gasteiger partial charge in [-0.25, -0.2) is 0 Å². The SMILES string of the molecule is c1c[se]c(N2CCCCC2)c1. The molecule has 0 aliphatic carbocycles. The van der Waals surface area contributed by atoms with Crippen molar-refractivity contribution in [2.75, 3.05) is 18.0 Å². The summed E-state index contributed by atoms with van der Waals surface area (Å²) in [5.41, 5.74) is 0. The zero-order valence-corrected chi connectivity index (χ0v) is 8.34. The molecule has 2 rings (SSSR count). The van der Waals surface area contributed by atoms with Gasteiger partial charge in [-0.1, -0.05) is 0 Å². The van der Waals surface area contributed by atoms with Gasteiger partial charge in [0.2, 0.25) is 0 Å². The first-order valence-electron chi connectivity index (χ1n) is 4.25. The third-order valence-corrected chi connectivity index (χ3v) is 4.12. The quantitative estimate of drug-likeness (QED) is 0.643. The predicted octanol–water partition coefficient (Wildman–Crippen LogP) is 1.73. The van der Waals surface area contributed by atoms with Gasteiger partial charge in [0.1, 0.15) is 0 Å². The maximum atomic E-state index is 2.56. The summed E-state index contributed by atoms with van der Waals surface area (Å²) in [5.74, 6) is 0. The number of nitrogens with zero attached hydrogens (tertiary/aromatic N) is 1. The van der Waals surface area contributed by atoms with Gasteiger partial charge in [0.25, 0.3) is 0 Å². The summed E-state index contributed by atoms with van der Waals surface area (Å²) in [5, 5.41) is 0.